The highest BCUT2D eigenvalue weighted by molar-refractivity contribution is 5.87. The van der Waals surface area contributed by atoms with Crippen molar-refractivity contribution >= 4 is 11.9 Å². The van der Waals surface area contributed by atoms with Gasteiger partial charge in [0, 0.05) is 13.0 Å². The molecule has 6 nitrogen and oxygen atoms in total. The SMILES string of the molecule is C=C(COC)C(=O)OCC(CC[C@H]1CCC2CC(CCCCC)CCC2C1)COC(=O)C(C)(C)CO. The van der Waals surface area contributed by atoms with Crippen LogP contribution in [0.4, 0.5) is 0 Å². The number of ether oxygens (including phenoxy) is 3. The van der Waals surface area contributed by atoms with Gasteiger partial charge in [-0.05, 0) is 76.0 Å². The Bertz CT molecular complexity index is 687. The third kappa shape index (κ3) is 10.2. The van der Waals surface area contributed by atoms with Gasteiger partial charge in [0.1, 0.15) is 0 Å². The van der Waals surface area contributed by atoms with Crippen molar-refractivity contribution in [3.05, 3.63) is 12.2 Å². The van der Waals surface area contributed by atoms with Crippen LogP contribution in [0.2, 0.25) is 0 Å². The smallest absolute Gasteiger partial charge is 0.335 e. The van der Waals surface area contributed by atoms with Gasteiger partial charge in [0.2, 0.25) is 0 Å². The Balaban J connectivity index is 1.84. The molecular formula is C30H52O6. The molecule has 4 unspecified atom stereocenters. The lowest BCUT2D eigenvalue weighted by atomic mass is 9.63. The number of hydrogen-bond acceptors (Lipinski definition) is 6. The highest BCUT2D eigenvalue weighted by Crippen LogP contribution is 2.47. The normalized spacial score (nSPS) is 25.0. The number of fused-ring (bicyclic) bond motifs is 1. The van der Waals surface area contributed by atoms with Gasteiger partial charge in [0.25, 0.3) is 0 Å². The van der Waals surface area contributed by atoms with Crippen LogP contribution in [0.1, 0.15) is 97.8 Å². The first kappa shape index (κ1) is 30.8. The van der Waals surface area contributed by atoms with E-state index in [1.165, 1.54) is 71.3 Å². The molecule has 6 heteroatoms. The summed E-state index contributed by atoms with van der Waals surface area (Å²) in [6.45, 7) is 9.55. The van der Waals surface area contributed by atoms with Crippen LogP contribution in [-0.2, 0) is 23.8 Å². The molecule has 0 aliphatic heterocycles. The third-order valence-electron chi connectivity index (χ3n) is 8.48. The summed E-state index contributed by atoms with van der Waals surface area (Å²) in [5.74, 6) is 2.43. The number of unbranched alkanes of at least 4 members (excludes halogenated alkanes) is 2. The van der Waals surface area contributed by atoms with Gasteiger partial charge in [-0.2, -0.15) is 0 Å². The predicted octanol–water partition coefficient (Wildman–Crippen LogP) is 6.10. The molecule has 1 N–H and O–H groups in total. The Hall–Kier alpha value is -1.40. The number of carbonyl (C=O) groups excluding carboxylic acids is 2. The second kappa shape index (κ2) is 15.8. The fourth-order valence-electron chi connectivity index (χ4n) is 5.96. The second-order valence-electron chi connectivity index (χ2n) is 12.1. The molecule has 0 amide bonds. The Morgan fingerprint density at radius 3 is 2.17 bits per heavy atom. The lowest BCUT2D eigenvalue weighted by molar-refractivity contribution is -0.158. The Labute approximate surface area is 219 Å². The van der Waals surface area contributed by atoms with Crippen molar-refractivity contribution in [1.82, 2.24) is 0 Å². The van der Waals surface area contributed by atoms with Crippen LogP contribution in [0.5, 0.6) is 0 Å². The van der Waals surface area contributed by atoms with E-state index in [9.17, 15) is 14.7 Å². The van der Waals surface area contributed by atoms with E-state index in [1.807, 2.05) is 0 Å². The number of esters is 2. The van der Waals surface area contributed by atoms with Gasteiger partial charge in [-0.15, -0.1) is 0 Å². The molecule has 0 spiro atoms. The Kier molecular flexibility index (Phi) is 13.5. The van der Waals surface area contributed by atoms with Crippen LogP contribution in [-0.4, -0.2) is 50.6 Å². The standard InChI is InChI=1S/C30H52O6/c1-6-7-8-9-23-12-14-27-17-24(13-15-26(27)16-23)10-11-25(19-35-28(32)22(2)18-34-5)20-36-29(33)30(3,4)21-31/h23-27,31H,2,6-21H2,1,3-5H3/t23?,24-,25?,26?,27?/m0/s1. The van der Waals surface area contributed by atoms with Gasteiger partial charge in [-0.3, -0.25) is 4.79 Å². The average molecular weight is 509 g/mol. The number of methoxy groups -OCH3 is 1. The summed E-state index contributed by atoms with van der Waals surface area (Å²) in [6.07, 6.45) is 15.5. The van der Waals surface area contributed by atoms with E-state index in [-0.39, 0.29) is 37.9 Å². The first-order valence-corrected chi connectivity index (χ1v) is 14.3. The van der Waals surface area contributed by atoms with Crippen molar-refractivity contribution in [3.63, 3.8) is 0 Å². The molecule has 0 aromatic carbocycles. The molecule has 0 aromatic heterocycles. The van der Waals surface area contributed by atoms with Gasteiger partial charge < -0.3 is 19.3 Å². The van der Waals surface area contributed by atoms with Crippen LogP contribution < -0.4 is 0 Å². The average Bonchev–Trinajstić information content (AvgIpc) is 2.87. The number of rotatable bonds is 16. The van der Waals surface area contributed by atoms with Crippen molar-refractivity contribution in [2.24, 2.45) is 35.0 Å². The van der Waals surface area contributed by atoms with Gasteiger partial charge >= 0.3 is 11.9 Å². The van der Waals surface area contributed by atoms with E-state index in [4.69, 9.17) is 14.2 Å². The van der Waals surface area contributed by atoms with Crippen molar-refractivity contribution in [1.29, 1.82) is 0 Å². The number of hydrogen-bond donors (Lipinski definition) is 1. The summed E-state index contributed by atoms with van der Waals surface area (Å²) in [5.41, 5.74) is -0.667. The minimum Gasteiger partial charge on any atom is -0.465 e. The zero-order valence-corrected chi connectivity index (χ0v) is 23.4. The Morgan fingerprint density at radius 2 is 1.58 bits per heavy atom. The zero-order chi connectivity index (χ0) is 26.6. The molecular weight excluding hydrogens is 456 g/mol. The van der Waals surface area contributed by atoms with Crippen LogP contribution >= 0.6 is 0 Å². The van der Waals surface area contributed by atoms with E-state index in [0.29, 0.717) is 5.92 Å². The maximum atomic E-state index is 12.4. The molecule has 0 bridgehead atoms. The highest BCUT2D eigenvalue weighted by atomic mass is 16.5. The van der Waals surface area contributed by atoms with Gasteiger partial charge in [-0.1, -0.05) is 52.0 Å². The third-order valence-corrected chi connectivity index (χ3v) is 8.48. The fraction of sp³-hybridized carbons (Fsp3) is 0.867. The van der Waals surface area contributed by atoms with Crippen molar-refractivity contribution in [2.45, 2.75) is 97.8 Å². The number of aliphatic hydroxyl groups is 1. The lowest BCUT2D eigenvalue weighted by Crippen LogP contribution is -2.33. The van der Waals surface area contributed by atoms with Crippen LogP contribution in [0, 0.1) is 35.0 Å². The van der Waals surface area contributed by atoms with Crippen LogP contribution in [0.3, 0.4) is 0 Å². The largest absolute Gasteiger partial charge is 0.465 e. The van der Waals surface area contributed by atoms with Gasteiger partial charge in [0.15, 0.2) is 0 Å². The van der Waals surface area contributed by atoms with Gasteiger partial charge in [-0.25, -0.2) is 4.79 Å². The lowest BCUT2D eigenvalue weighted by Gasteiger charge is -2.42. The molecule has 2 rings (SSSR count). The predicted molar refractivity (Wildman–Crippen MR) is 142 cm³/mol. The van der Waals surface area contributed by atoms with E-state index in [2.05, 4.69) is 13.5 Å². The molecule has 0 radical (unpaired) electrons. The molecule has 0 heterocycles. The van der Waals surface area contributed by atoms with Crippen molar-refractivity contribution < 1.29 is 28.9 Å². The molecule has 0 aromatic rings. The molecule has 2 aliphatic carbocycles. The number of carbonyl (C=O) groups is 2. The molecule has 208 valence electrons. The van der Waals surface area contributed by atoms with Crippen LogP contribution in [0.25, 0.3) is 0 Å². The summed E-state index contributed by atoms with van der Waals surface area (Å²) in [4.78, 5) is 24.6. The van der Waals surface area contributed by atoms with E-state index < -0.39 is 17.4 Å². The minimum absolute atomic E-state index is 0.0743. The van der Waals surface area contributed by atoms with E-state index in [1.54, 1.807) is 13.8 Å². The first-order valence-electron chi connectivity index (χ1n) is 14.3. The topological polar surface area (TPSA) is 82.1 Å². The second-order valence-corrected chi connectivity index (χ2v) is 12.1. The Morgan fingerprint density at radius 1 is 0.972 bits per heavy atom. The van der Waals surface area contributed by atoms with Crippen molar-refractivity contribution in [3.8, 4) is 0 Å². The molecule has 2 aliphatic rings. The summed E-state index contributed by atoms with van der Waals surface area (Å²) in [7, 11) is 1.51. The van der Waals surface area contributed by atoms with Gasteiger partial charge in [0.05, 0.1) is 37.4 Å². The molecule has 5 atom stereocenters. The maximum absolute atomic E-state index is 12.4. The first-order chi connectivity index (χ1) is 17.2. The zero-order valence-electron chi connectivity index (χ0n) is 23.4. The van der Waals surface area contributed by atoms with E-state index in [0.717, 1.165) is 30.6 Å². The number of aliphatic hydroxyl groups excluding tert-OH is 1. The van der Waals surface area contributed by atoms with E-state index >= 15 is 0 Å². The molecule has 36 heavy (non-hydrogen) atoms. The quantitative estimate of drug-likeness (QED) is 0.154. The fourth-order valence-corrected chi connectivity index (χ4v) is 5.96. The minimum atomic E-state index is -0.943. The highest BCUT2D eigenvalue weighted by Gasteiger charge is 2.35. The van der Waals surface area contributed by atoms with Crippen LogP contribution in [0.15, 0.2) is 12.2 Å². The molecule has 2 saturated carbocycles. The molecule has 2 fully saturated rings. The maximum Gasteiger partial charge on any atom is 0.335 e. The monoisotopic (exact) mass is 508 g/mol. The summed E-state index contributed by atoms with van der Waals surface area (Å²) < 4.78 is 16.0. The van der Waals surface area contributed by atoms with Crippen molar-refractivity contribution in [2.75, 3.05) is 33.5 Å². The summed E-state index contributed by atoms with van der Waals surface area (Å²) in [5, 5.41) is 9.46. The summed E-state index contributed by atoms with van der Waals surface area (Å²) >= 11 is 0. The molecule has 0 saturated heterocycles. The summed E-state index contributed by atoms with van der Waals surface area (Å²) in [6, 6.07) is 0.